The second-order valence-corrected chi connectivity index (χ2v) is 6.21. The molecule has 24 heavy (non-hydrogen) atoms. The Hall–Kier alpha value is -2.45. The smallest absolute Gasteiger partial charge is 0.341 e. The van der Waals surface area contributed by atoms with Gasteiger partial charge in [0.2, 0.25) is 5.91 Å². The number of piperidine rings is 1. The highest BCUT2D eigenvalue weighted by Gasteiger charge is 2.28. The van der Waals surface area contributed by atoms with E-state index in [0.717, 1.165) is 38.2 Å². The van der Waals surface area contributed by atoms with Crippen LogP contribution in [0.5, 0.6) is 0 Å². The Balaban J connectivity index is 1.56. The molecule has 0 aromatic carbocycles. The summed E-state index contributed by atoms with van der Waals surface area (Å²) < 4.78 is 3.25. The van der Waals surface area contributed by atoms with Gasteiger partial charge in [-0.05, 0) is 32.6 Å². The van der Waals surface area contributed by atoms with Gasteiger partial charge in [0.15, 0.2) is 0 Å². The Morgan fingerprint density at radius 3 is 2.79 bits per heavy atom. The van der Waals surface area contributed by atoms with Crippen molar-refractivity contribution in [2.45, 2.75) is 45.7 Å². The minimum absolute atomic E-state index is 0.0733. The summed E-state index contributed by atoms with van der Waals surface area (Å²) in [4.78, 5) is 29.9. The number of rotatable bonds is 5. The monoisotopic (exact) mass is 333 g/mol. The van der Waals surface area contributed by atoms with Crippen LogP contribution in [0.15, 0.2) is 17.4 Å². The number of nitrogens with one attached hydrogen (secondary N) is 1. The highest BCUT2D eigenvalue weighted by molar-refractivity contribution is 5.80. The Morgan fingerprint density at radius 2 is 2.17 bits per heavy atom. The summed E-state index contributed by atoms with van der Waals surface area (Å²) in [6.45, 7) is 5.85. The SMILES string of the molecule is CCn1c(CC2CCN(C(=O)C(C)n3cncn3)CC2)n[nH]c1=O. The molecule has 3 heterocycles. The number of aromatic nitrogens is 6. The van der Waals surface area contributed by atoms with Crippen LogP contribution in [0.4, 0.5) is 0 Å². The first kappa shape index (κ1) is 16.4. The first-order valence-corrected chi connectivity index (χ1v) is 8.37. The standard InChI is InChI=1S/C15H23N7O2/c1-3-21-13(18-19-15(21)24)8-12-4-6-20(7-5-12)14(23)11(2)22-10-16-9-17-22/h9-12H,3-8H2,1-2H3,(H,19,24). The molecule has 9 nitrogen and oxygen atoms in total. The molecular weight excluding hydrogens is 310 g/mol. The van der Waals surface area contributed by atoms with Crippen molar-refractivity contribution >= 4 is 5.91 Å². The normalized spacial score (nSPS) is 17.2. The third-order valence-corrected chi connectivity index (χ3v) is 4.74. The molecule has 1 atom stereocenters. The van der Waals surface area contributed by atoms with Crippen molar-refractivity contribution in [1.29, 1.82) is 0 Å². The molecule has 1 aliphatic rings. The topological polar surface area (TPSA) is 102 Å². The van der Waals surface area contributed by atoms with E-state index in [1.807, 2.05) is 18.7 Å². The Labute approximate surface area is 139 Å². The summed E-state index contributed by atoms with van der Waals surface area (Å²) in [7, 11) is 0. The fourth-order valence-electron chi connectivity index (χ4n) is 3.24. The molecular formula is C15H23N7O2. The molecule has 0 radical (unpaired) electrons. The van der Waals surface area contributed by atoms with Crippen LogP contribution in [-0.2, 0) is 17.8 Å². The molecule has 2 aromatic rings. The number of likely N-dealkylation sites (tertiary alicyclic amines) is 1. The third-order valence-electron chi connectivity index (χ3n) is 4.74. The van der Waals surface area contributed by atoms with Crippen LogP contribution in [0.1, 0.15) is 38.6 Å². The zero-order chi connectivity index (χ0) is 17.1. The predicted molar refractivity (Wildman–Crippen MR) is 86.3 cm³/mol. The molecule has 130 valence electrons. The van der Waals surface area contributed by atoms with Crippen molar-refractivity contribution in [3.8, 4) is 0 Å². The number of H-pyrrole nitrogens is 1. The number of carbonyl (C=O) groups excluding carboxylic acids is 1. The number of hydrogen-bond donors (Lipinski definition) is 1. The van der Waals surface area contributed by atoms with Crippen molar-refractivity contribution in [1.82, 2.24) is 34.4 Å². The zero-order valence-electron chi connectivity index (χ0n) is 14.1. The van der Waals surface area contributed by atoms with E-state index in [2.05, 4.69) is 20.3 Å². The van der Waals surface area contributed by atoms with Crippen LogP contribution in [0.25, 0.3) is 0 Å². The number of aromatic amines is 1. The van der Waals surface area contributed by atoms with Crippen molar-refractivity contribution in [2.75, 3.05) is 13.1 Å². The Bertz CT molecular complexity index is 725. The average molecular weight is 333 g/mol. The lowest BCUT2D eigenvalue weighted by atomic mass is 9.93. The molecule has 1 fully saturated rings. The van der Waals surface area contributed by atoms with Crippen molar-refractivity contribution < 1.29 is 4.79 Å². The molecule has 1 N–H and O–H groups in total. The van der Waals surface area contributed by atoms with Crippen molar-refractivity contribution in [3.05, 3.63) is 29.0 Å². The molecule has 1 amide bonds. The van der Waals surface area contributed by atoms with Gasteiger partial charge in [-0.25, -0.2) is 19.6 Å². The lowest BCUT2D eigenvalue weighted by molar-refractivity contribution is -0.136. The van der Waals surface area contributed by atoms with Crippen LogP contribution in [0, 0.1) is 5.92 Å². The van der Waals surface area contributed by atoms with E-state index in [-0.39, 0.29) is 17.6 Å². The van der Waals surface area contributed by atoms with Gasteiger partial charge in [0.25, 0.3) is 0 Å². The van der Waals surface area contributed by atoms with E-state index in [9.17, 15) is 9.59 Å². The van der Waals surface area contributed by atoms with Crippen LogP contribution in [0.3, 0.4) is 0 Å². The Kier molecular flexibility index (Phi) is 4.77. The molecule has 2 aromatic heterocycles. The van der Waals surface area contributed by atoms with E-state index >= 15 is 0 Å². The molecule has 1 unspecified atom stereocenters. The van der Waals surface area contributed by atoms with Gasteiger partial charge in [0.1, 0.15) is 24.5 Å². The van der Waals surface area contributed by atoms with Crippen LogP contribution in [-0.4, -0.2) is 53.4 Å². The summed E-state index contributed by atoms with van der Waals surface area (Å²) in [6, 6.07) is -0.333. The maximum Gasteiger partial charge on any atom is 0.343 e. The molecule has 1 aliphatic heterocycles. The van der Waals surface area contributed by atoms with Gasteiger partial charge in [-0.15, -0.1) is 0 Å². The van der Waals surface area contributed by atoms with Gasteiger partial charge in [-0.1, -0.05) is 0 Å². The zero-order valence-corrected chi connectivity index (χ0v) is 14.1. The van der Waals surface area contributed by atoms with Gasteiger partial charge in [0.05, 0.1) is 0 Å². The summed E-state index contributed by atoms with van der Waals surface area (Å²) in [5.74, 6) is 1.32. The first-order chi connectivity index (χ1) is 11.6. The van der Waals surface area contributed by atoms with E-state index in [1.165, 1.54) is 6.33 Å². The van der Waals surface area contributed by atoms with Crippen LogP contribution in [0.2, 0.25) is 0 Å². The average Bonchev–Trinajstić information content (AvgIpc) is 3.24. The molecule has 0 bridgehead atoms. The fourth-order valence-corrected chi connectivity index (χ4v) is 3.24. The number of nitrogens with zero attached hydrogens (tertiary/aromatic N) is 6. The molecule has 0 spiro atoms. The predicted octanol–water partition coefficient (Wildman–Crippen LogP) is 0.225. The molecule has 1 saturated heterocycles. The molecule has 3 rings (SSSR count). The van der Waals surface area contributed by atoms with Gasteiger partial charge >= 0.3 is 5.69 Å². The van der Waals surface area contributed by atoms with Gasteiger partial charge in [-0.2, -0.15) is 10.2 Å². The second-order valence-electron chi connectivity index (χ2n) is 6.21. The lowest BCUT2D eigenvalue weighted by Gasteiger charge is -2.33. The fraction of sp³-hybridized carbons (Fsp3) is 0.667. The molecule has 9 heteroatoms. The second kappa shape index (κ2) is 6.98. The maximum atomic E-state index is 12.5. The lowest BCUT2D eigenvalue weighted by Crippen LogP contribution is -2.42. The summed E-state index contributed by atoms with van der Waals surface area (Å²) in [5.41, 5.74) is -0.151. The minimum atomic E-state index is -0.333. The van der Waals surface area contributed by atoms with E-state index in [1.54, 1.807) is 15.6 Å². The van der Waals surface area contributed by atoms with Crippen molar-refractivity contribution in [3.63, 3.8) is 0 Å². The molecule has 0 saturated carbocycles. The first-order valence-electron chi connectivity index (χ1n) is 8.37. The Morgan fingerprint density at radius 1 is 1.42 bits per heavy atom. The van der Waals surface area contributed by atoms with E-state index in [0.29, 0.717) is 12.5 Å². The minimum Gasteiger partial charge on any atom is -0.341 e. The quantitative estimate of drug-likeness (QED) is 0.843. The third kappa shape index (κ3) is 3.24. The van der Waals surface area contributed by atoms with Crippen LogP contribution >= 0.6 is 0 Å². The largest absolute Gasteiger partial charge is 0.343 e. The maximum absolute atomic E-state index is 12.5. The van der Waals surface area contributed by atoms with Gasteiger partial charge in [-0.3, -0.25) is 9.36 Å². The number of hydrogen-bond acceptors (Lipinski definition) is 5. The van der Waals surface area contributed by atoms with E-state index < -0.39 is 0 Å². The van der Waals surface area contributed by atoms with Gasteiger partial charge in [0, 0.05) is 26.1 Å². The highest BCUT2D eigenvalue weighted by Crippen LogP contribution is 2.22. The summed E-state index contributed by atoms with van der Waals surface area (Å²) in [6.07, 6.45) is 5.61. The van der Waals surface area contributed by atoms with Crippen LogP contribution < -0.4 is 5.69 Å². The summed E-state index contributed by atoms with van der Waals surface area (Å²) >= 11 is 0. The van der Waals surface area contributed by atoms with Crippen molar-refractivity contribution in [2.24, 2.45) is 5.92 Å². The highest BCUT2D eigenvalue weighted by atomic mass is 16.2. The number of amides is 1. The van der Waals surface area contributed by atoms with E-state index in [4.69, 9.17) is 0 Å². The molecule has 0 aliphatic carbocycles. The number of carbonyl (C=O) groups is 1. The van der Waals surface area contributed by atoms with Gasteiger partial charge < -0.3 is 4.90 Å². The summed E-state index contributed by atoms with van der Waals surface area (Å²) in [5, 5.41) is 10.7.